The van der Waals surface area contributed by atoms with Gasteiger partial charge in [0.05, 0.1) is 24.8 Å². The van der Waals surface area contributed by atoms with Crippen molar-refractivity contribution in [3.8, 4) is 5.75 Å². The average molecular weight is 306 g/mol. The van der Waals surface area contributed by atoms with Crippen molar-refractivity contribution in [3.05, 3.63) is 24.0 Å². The van der Waals surface area contributed by atoms with Gasteiger partial charge in [0.15, 0.2) is 5.82 Å². The van der Waals surface area contributed by atoms with Crippen LogP contribution in [0.1, 0.15) is 5.82 Å². The second kappa shape index (κ2) is 6.64. The highest BCUT2D eigenvalue weighted by Gasteiger charge is 2.24. The standard InChI is InChI=1S/C16H24N4O2/c1-18-15-4-3-13(22-2)11-14(15)17-16(18)12-20-7-5-19(6-8-20)9-10-21/h3-4,11,21H,5-10,12H2,1-2H3/p+2. The van der Waals surface area contributed by atoms with Gasteiger partial charge in [0.1, 0.15) is 45.0 Å². The van der Waals surface area contributed by atoms with Gasteiger partial charge in [-0.15, -0.1) is 0 Å². The second-order valence-corrected chi connectivity index (χ2v) is 6.09. The Morgan fingerprint density at radius 3 is 2.64 bits per heavy atom. The minimum absolute atomic E-state index is 0.289. The van der Waals surface area contributed by atoms with Crippen LogP contribution in [0, 0.1) is 0 Å². The molecule has 2 aromatic rings. The molecular weight excluding hydrogens is 280 g/mol. The molecule has 22 heavy (non-hydrogen) atoms. The van der Waals surface area contributed by atoms with E-state index in [9.17, 15) is 0 Å². The third kappa shape index (κ3) is 3.09. The minimum atomic E-state index is 0.289. The molecule has 1 aliphatic rings. The van der Waals surface area contributed by atoms with E-state index in [1.807, 2.05) is 12.1 Å². The fourth-order valence-corrected chi connectivity index (χ4v) is 3.28. The lowest BCUT2D eigenvalue weighted by molar-refractivity contribution is -1.02. The molecular formula is C16H26N4O2+2. The zero-order valence-corrected chi connectivity index (χ0v) is 13.4. The van der Waals surface area contributed by atoms with Crippen LogP contribution in [0.2, 0.25) is 0 Å². The monoisotopic (exact) mass is 306 g/mol. The summed E-state index contributed by atoms with van der Waals surface area (Å²) in [6.45, 7) is 6.67. The minimum Gasteiger partial charge on any atom is -0.497 e. The lowest BCUT2D eigenvalue weighted by atomic mass is 10.3. The molecule has 1 aromatic carbocycles. The Morgan fingerprint density at radius 1 is 1.23 bits per heavy atom. The number of aliphatic hydroxyl groups is 1. The van der Waals surface area contributed by atoms with Crippen molar-refractivity contribution in [2.24, 2.45) is 7.05 Å². The van der Waals surface area contributed by atoms with Gasteiger partial charge < -0.3 is 24.2 Å². The molecule has 1 aliphatic heterocycles. The maximum absolute atomic E-state index is 9.03. The number of aliphatic hydroxyl groups excluding tert-OH is 1. The lowest BCUT2D eigenvalue weighted by Crippen LogP contribution is -3.27. The molecule has 6 nitrogen and oxygen atoms in total. The summed E-state index contributed by atoms with van der Waals surface area (Å²) in [5.74, 6) is 1.98. The third-order valence-corrected chi connectivity index (χ3v) is 4.72. The largest absolute Gasteiger partial charge is 0.497 e. The highest BCUT2D eigenvalue weighted by atomic mass is 16.5. The third-order valence-electron chi connectivity index (χ3n) is 4.72. The molecule has 1 fully saturated rings. The molecule has 0 aliphatic carbocycles. The molecule has 0 unspecified atom stereocenters. The van der Waals surface area contributed by atoms with Gasteiger partial charge in [0.25, 0.3) is 0 Å². The number of hydrogen-bond donors (Lipinski definition) is 3. The zero-order chi connectivity index (χ0) is 15.5. The summed E-state index contributed by atoms with van der Waals surface area (Å²) in [4.78, 5) is 7.88. The van der Waals surface area contributed by atoms with Gasteiger partial charge in [-0.3, -0.25) is 0 Å². The van der Waals surface area contributed by atoms with Crippen molar-refractivity contribution in [1.29, 1.82) is 0 Å². The highest BCUT2D eigenvalue weighted by molar-refractivity contribution is 5.77. The van der Waals surface area contributed by atoms with Crippen molar-refractivity contribution in [2.45, 2.75) is 6.54 Å². The summed E-state index contributed by atoms with van der Waals surface area (Å²) >= 11 is 0. The average Bonchev–Trinajstić information content (AvgIpc) is 2.85. The fraction of sp³-hybridized carbons (Fsp3) is 0.562. The molecule has 3 rings (SSSR count). The van der Waals surface area contributed by atoms with Crippen LogP contribution >= 0.6 is 0 Å². The van der Waals surface area contributed by atoms with Crippen molar-refractivity contribution in [1.82, 2.24) is 9.55 Å². The van der Waals surface area contributed by atoms with Crippen LogP contribution in [-0.2, 0) is 13.6 Å². The van der Waals surface area contributed by atoms with Crippen LogP contribution in [0.25, 0.3) is 11.0 Å². The van der Waals surface area contributed by atoms with E-state index in [1.165, 1.54) is 4.90 Å². The van der Waals surface area contributed by atoms with Gasteiger partial charge in [-0.2, -0.15) is 0 Å². The normalized spacial score (nSPS) is 22.1. The molecule has 0 radical (unpaired) electrons. The molecule has 0 bridgehead atoms. The summed E-state index contributed by atoms with van der Waals surface area (Å²) in [5, 5.41) is 9.03. The van der Waals surface area contributed by atoms with E-state index < -0.39 is 0 Å². The number of imidazole rings is 1. The molecule has 1 saturated heterocycles. The molecule has 120 valence electrons. The van der Waals surface area contributed by atoms with E-state index in [2.05, 4.69) is 17.7 Å². The van der Waals surface area contributed by atoms with Crippen LogP contribution in [0.5, 0.6) is 5.75 Å². The summed E-state index contributed by atoms with van der Waals surface area (Å²) in [6, 6.07) is 6.05. The Bertz CT molecular complexity index is 632. The van der Waals surface area contributed by atoms with E-state index in [4.69, 9.17) is 14.8 Å². The number of piperazine rings is 1. The Morgan fingerprint density at radius 2 is 1.95 bits per heavy atom. The molecule has 0 atom stereocenters. The first-order chi connectivity index (χ1) is 10.7. The Balaban J connectivity index is 1.70. The van der Waals surface area contributed by atoms with Crippen molar-refractivity contribution in [2.75, 3.05) is 46.4 Å². The Hall–Kier alpha value is -1.63. The summed E-state index contributed by atoms with van der Waals surface area (Å²) < 4.78 is 7.47. The topological polar surface area (TPSA) is 56.2 Å². The van der Waals surface area contributed by atoms with Gasteiger partial charge in [-0.1, -0.05) is 0 Å². The van der Waals surface area contributed by atoms with E-state index in [-0.39, 0.29) is 6.61 Å². The summed E-state index contributed by atoms with van der Waals surface area (Å²) in [5.41, 5.74) is 2.15. The number of aromatic nitrogens is 2. The Kier molecular flexibility index (Phi) is 4.61. The number of benzene rings is 1. The molecule has 3 N–H and O–H groups in total. The quantitative estimate of drug-likeness (QED) is 0.591. The number of nitrogens with one attached hydrogen (secondary N) is 2. The molecule has 0 amide bonds. The van der Waals surface area contributed by atoms with Crippen LogP contribution in [-0.4, -0.2) is 61.1 Å². The fourth-order valence-electron chi connectivity index (χ4n) is 3.28. The first-order valence-electron chi connectivity index (χ1n) is 7.98. The number of methoxy groups -OCH3 is 1. The number of rotatable bonds is 5. The predicted molar refractivity (Wildman–Crippen MR) is 84.3 cm³/mol. The van der Waals surface area contributed by atoms with E-state index in [0.717, 1.165) is 61.9 Å². The molecule has 0 spiro atoms. The van der Waals surface area contributed by atoms with Crippen molar-refractivity contribution in [3.63, 3.8) is 0 Å². The predicted octanol–water partition coefficient (Wildman–Crippen LogP) is -2.14. The molecule has 6 heteroatoms. The van der Waals surface area contributed by atoms with Crippen LogP contribution in [0.4, 0.5) is 0 Å². The smallest absolute Gasteiger partial charge is 0.165 e. The number of fused-ring (bicyclic) bond motifs is 1. The summed E-state index contributed by atoms with van der Waals surface area (Å²) in [7, 11) is 3.77. The maximum atomic E-state index is 9.03. The number of quaternary nitrogens is 2. The van der Waals surface area contributed by atoms with E-state index >= 15 is 0 Å². The summed E-state index contributed by atoms with van der Waals surface area (Å²) in [6.07, 6.45) is 0. The number of nitrogens with zero attached hydrogens (tertiary/aromatic N) is 2. The zero-order valence-electron chi connectivity index (χ0n) is 13.4. The number of hydrogen-bond acceptors (Lipinski definition) is 3. The lowest BCUT2D eigenvalue weighted by Gasteiger charge is -2.29. The van der Waals surface area contributed by atoms with Crippen molar-refractivity contribution >= 4 is 11.0 Å². The first-order valence-corrected chi connectivity index (χ1v) is 7.98. The van der Waals surface area contributed by atoms with Crippen LogP contribution in [0.3, 0.4) is 0 Å². The van der Waals surface area contributed by atoms with Gasteiger partial charge in [0, 0.05) is 13.1 Å². The Labute approximate surface area is 130 Å². The molecule has 2 heterocycles. The van der Waals surface area contributed by atoms with Gasteiger partial charge in [0.2, 0.25) is 0 Å². The van der Waals surface area contributed by atoms with Gasteiger partial charge in [-0.25, -0.2) is 4.98 Å². The van der Waals surface area contributed by atoms with Crippen molar-refractivity contribution < 1.29 is 19.6 Å². The van der Waals surface area contributed by atoms with Gasteiger partial charge >= 0.3 is 0 Å². The van der Waals surface area contributed by atoms with E-state index in [1.54, 1.807) is 12.0 Å². The van der Waals surface area contributed by atoms with Crippen LogP contribution in [0.15, 0.2) is 18.2 Å². The molecule has 1 aromatic heterocycles. The number of ether oxygens (including phenoxy) is 1. The number of aryl methyl sites for hydroxylation is 1. The molecule has 0 saturated carbocycles. The first kappa shape index (κ1) is 15.3. The van der Waals surface area contributed by atoms with E-state index in [0.29, 0.717) is 0 Å². The SMILES string of the molecule is COc1ccc2c(c1)nc(C[NH+]1CC[NH+](CCO)CC1)n2C. The highest BCUT2D eigenvalue weighted by Crippen LogP contribution is 2.20. The van der Waals surface area contributed by atoms with Gasteiger partial charge in [-0.05, 0) is 12.1 Å². The second-order valence-electron chi connectivity index (χ2n) is 6.09. The van der Waals surface area contributed by atoms with Crippen LogP contribution < -0.4 is 14.5 Å². The maximum Gasteiger partial charge on any atom is 0.165 e.